The zero-order valence-electron chi connectivity index (χ0n) is 9.68. The maximum Gasteiger partial charge on any atom is 0.256 e. The largest absolute Gasteiger partial charge is 0.395 e. The summed E-state index contributed by atoms with van der Waals surface area (Å²) < 4.78 is 13.2. The van der Waals surface area contributed by atoms with E-state index in [1.54, 1.807) is 6.92 Å². The molecule has 0 aliphatic rings. The number of halogens is 1. The van der Waals surface area contributed by atoms with Gasteiger partial charge in [0.15, 0.2) is 0 Å². The van der Waals surface area contributed by atoms with Crippen LogP contribution in [-0.2, 0) is 0 Å². The highest BCUT2D eigenvalue weighted by Crippen LogP contribution is 2.11. The highest BCUT2D eigenvalue weighted by Gasteiger charge is 2.19. The van der Waals surface area contributed by atoms with Crippen molar-refractivity contribution >= 4 is 17.7 Å². The minimum atomic E-state index is -0.790. The molecule has 2 unspecified atom stereocenters. The van der Waals surface area contributed by atoms with E-state index in [9.17, 15) is 9.18 Å². The van der Waals surface area contributed by atoms with Gasteiger partial charge in [-0.2, -0.15) is 16.2 Å². The SMILES string of the molecule is CSC(CO)C(C)NC(=O)c1cccnc1F. The Bertz CT molecular complexity index is 385. The van der Waals surface area contributed by atoms with Crippen molar-refractivity contribution in [3.8, 4) is 0 Å². The molecule has 0 aliphatic heterocycles. The molecule has 4 nitrogen and oxygen atoms in total. The molecule has 0 fully saturated rings. The average molecular weight is 258 g/mol. The molecule has 2 N–H and O–H groups in total. The number of nitrogens with zero attached hydrogens (tertiary/aromatic N) is 1. The first-order chi connectivity index (χ1) is 8.10. The molecule has 17 heavy (non-hydrogen) atoms. The normalized spacial score (nSPS) is 14.1. The number of pyridine rings is 1. The maximum absolute atomic E-state index is 13.2. The van der Waals surface area contributed by atoms with Crippen molar-refractivity contribution in [1.29, 1.82) is 0 Å². The maximum atomic E-state index is 13.2. The van der Waals surface area contributed by atoms with Gasteiger partial charge in [-0.15, -0.1) is 0 Å². The lowest BCUT2D eigenvalue weighted by molar-refractivity contribution is 0.0931. The monoisotopic (exact) mass is 258 g/mol. The van der Waals surface area contributed by atoms with E-state index in [-0.39, 0.29) is 23.5 Å². The van der Waals surface area contributed by atoms with Crippen LogP contribution in [0.25, 0.3) is 0 Å². The Labute approximate surface area is 104 Å². The fourth-order valence-electron chi connectivity index (χ4n) is 1.37. The van der Waals surface area contributed by atoms with Crippen molar-refractivity contribution in [1.82, 2.24) is 10.3 Å². The minimum Gasteiger partial charge on any atom is -0.395 e. The zero-order chi connectivity index (χ0) is 12.8. The molecule has 0 saturated carbocycles. The van der Waals surface area contributed by atoms with Crippen LogP contribution in [0.2, 0.25) is 0 Å². The van der Waals surface area contributed by atoms with Gasteiger partial charge in [-0.1, -0.05) is 0 Å². The summed E-state index contributed by atoms with van der Waals surface area (Å²) >= 11 is 1.45. The third-order valence-corrected chi connectivity index (χ3v) is 3.57. The molecule has 0 radical (unpaired) electrons. The van der Waals surface area contributed by atoms with E-state index in [2.05, 4.69) is 10.3 Å². The summed E-state index contributed by atoms with van der Waals surface area (Å²) in [6.07, 6.45) is 3.13. The van der Waals surface area contributed by atoms with Crippen molar-refractivity contribution in [3.05, 3.63) is 29.8 Å². The number of amides is 1. The lowest BCUT2D eigenvalue weighted by atomic mass is 10.2. The fourth-order valence-corrected chi connectivity index (χ4v) is 2.00. The summed E-state index contributed by atoms with van der Waals surface area (Å²) in [4.78, 5) is 15.1. The molecule has 0 aliphatic carbocycles. The van der Waals surface area contributed by atoms with Crippen LogP contribution in [0, 0.1) is 5.95 Å². The van der Waals surface area contributed by atoms with Crippen molar-refractivity contribution in [2.75, 3.05) is 12.9 Å². The van der Waals surface area contributed by atoms with Crippen LogP contribution >= 0.6 is 11.8 Å². The molecule has 0 bridgehead atoms. The summed E-state index contributed by atoms with van der Waals surface area (Å²) in [5.41, 5.74) is -0.0860. The second-order valence-electron chi connectivity index (χ2n) is 3.56. The van der Waals surface area contributed by atoms with Crippen LogP contribution in [0.5, 0.6) is 0 Å². The quantitative estimate of drug-likeness (QED) is 0.775. The van der Waals surface area contributed by atoms with E-state index in [0.29, 0.717) is 0 Å². The highest BCUT2D eigenvalue weighted by atomic mass is 32.2. The van der Waals surface area contributed by atoms with Gasteiger partial charge in [-0.25, -0.2) is 4.98 Å². The Morgan fingerprint density at radius 2 is 2.41 bits per heavy atom. The number of aliphatic hydroxyl groups excluding tert-OH is 1. The Morgan fingerprint density at radius 3 is 2.94 bits per heavy atom. The molecule has 0 spiro atoms. The van der Waals surface area contributed by atoms with Gasteiger partial charge in [0.1, 0.15) is 0 Å². The first-order valence-electron chi connectivity index (χ1n) is 5.15. The number of carbonyl (C=O) groups is 1. The number of thioether (sulfide) groups is 1. The standard InChI is InChI=1S/C11H15FN2O2S/c1-7(9(6-15)17-2)14-11(16)8-4-3-5-13-10(8)12/h3-5,7,9,15H,6H2,1-2H3,(H,14,16). The molecular weight excluding hydrogens is 243 g/mol. The van der Waals surface area contributed by atoms with Crippen molar-refractivity contribution < 1.29 is 14.3 Å². The molecule has 1 aromatic heterocycles. The van der Waals surface area contributed by atoms with Crippen LogP contribution in [0.4, 0.5) is 4.39 Å². The van der Waals surface area contributed by atoms with Gasteiger partial charge in [-0.3, -0.25) is 4.79 Å². The predicted molar refractivity (Wildman–Crippen MR) is 65.5 cm³/mol. The molecule has 1 heterocycles. The summed E-state index contributed by atoms with van der Waals surface area (Å²) in [6.45, 7) is 1.72. The molecular formula is C11H15FN2O2S. The summed E-state index contributed by atoms with van der Waals surface area (Å²) in [5, 5.41) is 11.6. The first-order valence-corrected chi connectivity index (χ1v) is 6.44. The molecule has 1 rings (SSSR count). The Hall–Kier alpha value is -1.14. The predicted octanol–water partition coefficient (Wildman–Crippen LogP) is 1.06. The number of rotatable bonds is 5. The lowest BCUT2D eigenvalue weighted by Gasteiger charge is -2.21. The van der Waals surface area contributed by atoms with E-state index in [4.69, 9.17) is 5.11 Å². The number of hydrogen-bond acceptors (Lipinski definition) is 4. The van der Waals surface area contributed by atoms with E-state index in [0.717, 1.165) is 0 Å². The van der Waals surface area contributed by atoms with Crippen LogP contribution in [0.15, 0.2) is 18.3 Å². The van der Waals surface area contributed by atoms with E-state index >= 15 is 0 Å². The van der Waals surface area contributed by atoms with Gasteiger partial charge in [0.25, 0.3) is 5.91 Å². The van der Waals surface area contributed by atoms with E-state index in [1.807, 2.05) is 6.26 Å². The Balaban J connectivity index is 2.70. The van der Waals surface area contributed by atoms with Crippen LogP contribution in [0.1, 0.15) is 17.3 Å². The molecule has 1 amide bonds. The fraction of sp³-hybridized carbons (Fsp3) is 0.455. The third-order valence-electron chi connectivity index (χ3n) is 2.40. The number of aromatic nitrogens is 1. The van der Waals surface area contributed by atoms with Crippen molar-refractivity contribution in [3.63, 3.8) is 0 Å². The molecule has 0 aromatic carbocycles. The second kappa shape index (κ2) is 6.56. The average Bonchev–Trinajstić information content (AvgIpc) is 2.31. The minimum absolute atomic E-state index is 0.0435. The zero-order valence-corrected chi connectivity index (χ0v) is 10.5. The Kier molecular flexibility index (Phi) is 5.37. The number of nitrogens with one attached hydrogen (secondary N) is 1. The van der Waals surface area contributed by atoms with Crippen LogP contribution < -0.4 is 5.32 Å². The summed E-state index contributed by atoms with van der Waals surface area (Å²) in [6, 6.07) is 2.63. The van der Waals surface area contributed by atoms with Gasteiger partial charge >= 0.3 is 0 Å². The van der Waals surface area contributed by atoms with Gasteiger partial charge in [0.2, 0.25) is 5.95 Å². The first kappa shape index (κ1) is 13.9. The van der Waals surface area contributed by atoms with E-state index < -0.39 is 11.9 Å². The third kappa shape index (κ3) is 3.67. The van der Waals surface area contributed by atoms with Crippen molar-refractivity contribution in [2.45, 2.75) is 18.2 Å². The number of hydrogen-bond donors (Lipinski definition) is 2. The Morgan fingerprint density at radius 1 is 1.71 bits per heavy atom. The van der Waals surface area contributed by atoms with Crippen LogP contribution in [0.3, 0.4) is 0 Å². The van der Waals surface area contributed by atoms with Gasteiger partial charge in [0.05, 0.1) is 12.2 Å². The van der Waals surface area contributed by atoms with Crippen molar-refractivity contribution in [2.24, 2.45) is 0 Å². The second-order valence-corrected chi connectivity index (χ2v) is 4.64. The molecule has 2 atom stereocenters. The van der Waals surface area contributed by atoms with Gasteiger partial charge in [-0.05, 0) is 25.3 Å². The van der Waals surface area contributed by atoms with E-state index in [1.165, 1.54) is 30.1 Å². The summed E-state index contributed by atoms with van der Waals surface area (Å²) in [5.74, 6) is -1.31. The molecule has 0 saturated heterocycles. The van der Waals surface area contributed by atoms with Crippen LogP contribution in [-0.4, -0.2) is 40.2 Å². The van der Waals surface area contributed by atoms with Gasteiger partial charge < -0.3 is 10.4 Å². The molecule has 94 valence electrons. The number of aliphatic hydroxyl groups is 1. The molecule has 6 heteroatoms. The van der Waals surface area contributed by atoms with Gasteiger partial charge in [0, 0.05) is 17.5 Å². The summed E-state index contributed by atoms with van der Waals surface area (Å²) in [7, 11) is 0. The number of carbonyl (C=O) groups excluding carboxylic acids is 1. The molecule has 1 aromatic rings. The lowest BCUT2D eigenvalue weighted by Crippen LogP contribution is -2.41. The highest BCUT2D eigenvalue weighted by molar-refractivity contribution is 7.99. The smallest absolute Gasteiger partial charge is 0.256 e. The topological polar surface area (TPSA) is 62.2 Å².